The van der Waals surface area contributed by atoms with E-state index in [2.05, 4.69) is 83.8 Å². The van der Waals surface area contributed by atoms with Crippen LogP contribution in [0, 0.1) is 0 Å². The van der Waals surface area contributed by atoms with Crippen LogP contribution in [0.4, 0.5) is 0 Å². The van der Waals surface area contributed by atoms with E-state index in [0.29, 0.717) is 0 Å². The Labute approximate surface area is 147 Å². The first kappa shape index (κ1) is 17.5. The topological polar surface area (TPSA) is 12.4 Å². The van der Waals surface area contributed by atoms with Gasteiger partial charge in [0.2, 0.25) is 0 Å². The number of hydrogen-bond acceptors (Lipinski definition) is 1. The van der Waals surface area contributed by atoms with Gasteiger partial charge in [-0.2, -0.15) is 0 Å². The fourth-order valence-corrected chi connectivity index (χ4v) is 3.38. The zero-order valence-corrected chi connectivity index (χ0v) is 15.2. The predicted octanol–water partition coefficient (Wildman–Crippen LogP) is 4.70. The van der Waals surface area contributed by atoms with Gasteiger partial charge in [0, 0.05) is 0 Å². The molecule has 1 nitrogen and oxygen atoms in total. The van der Waals surface area contributed by atoms with E-state index in [1.54, 1.807) is 0 Å². The minimum atomic E-state index is 0.134. The molecule has 0 saturated carbocycles. The first-order valence-electron chi connectivity index (χ1n) is 7.95. The summed E-state index contributed by atoms with van der Waals surface area (Å²) in [6, 6.07) is 20.9. The van der Waals surface area contributed by atoms with Crippen LogP contribution in [0.1, 0.15) is 30.4 Å². The van der Waals surface area contributed by atoms with Crippen LogP contribution in [0.5, 0.6) is 0 Å². The summed E-state index contributed by atoms with van der Waals surface area (Å²) in [6.07, 6.45) is 1.87. The molecular weight excluding hydrogens is 345 g/mol. The van der Waals surface area contributed by atoms with E-state index in [9.17, 15) is 0 Å². The molecule has 0 saturated heterocycles. The molecule has 2 aromatic carbocycles. The average Bonchev–Trinajstić information content (AvgIpc) is 2.61. The van der Waals surface area contributed by atoms with Crippen LogP contribution in [-0.2, 0) is 6.42 Å². The molecule has 1 unspecified atom stereocenters. The molecule has 117 valence electrons. The second-order valence-electron chi connectivity index (χ2n) is 5.35. The molecule has 2 rings (SSSR count). The van der Waals surface area contributed by atoms with Gasteiger partial charge < -0.3 is 0 Å². The van der Waals surface area contributed by atoms with E-state index in [-0.39, 0.29) is 5.92 Å². The van der Waals surface area contributed by atoms with Crippen molar-refractivity contribution in [2.45, 2.75) is 25.7 Å². The zero-order chi connectivity index (χ0) is 16.5. The molecule has 0 N–H and O–H groups in total. The monoisotopic (exact) mass is 368 g/mol. The maximum absolute atomic E-state index is 4.79. The molecule has 0 fully saturated rings. The van der Waals surface area contributed by atoms with E-state index < -0.39 is 0 Å². The first-order valence-corrected chi connectivity index (χ1v) is 8.81. The Hall–Kier alpha value is -1.85. The van der Waals surface area contributed by atoms with Crippen LogP contribution in [0.2, 0.25) is 0 Å². The Morgan fingerprint density at radius 1 is 1.09 bits per heavy atom. The van der Waals surface area contributed by atoms with Crippen molar-refractivity contribution in [2.75, 3.05) is 6.54 Å². The fourth-order valence-electron chi connectivity index (χ4n) is 2.60. The van der Waals surface area contributed by atoms with Crippen LogP contribution < -0.4 is 0 Å². The third kappa shape index (κ3) is 5.08. The molecule has 1 atom stereocenters. The first-order chi connectivity index (χ1) is 11.3. The van der Waals surface area contributed by atoms with Crippen LogP contribution in [0.3, 0.4) is 0 Å². The van der Waals surface area contributed by atoms with Gasteiger partial charge in [0.05, 0.1) is 0 Å². The summed E-state index contributed by atoms with van der Waals surface area (Å²) < 4.78 is 1.01. The van der Waals surface area contributed by atoms with Gasteiger partial charge in [0.25, 0.3) is 0 Å². The molecule has 23 heavy (non-hydrogen) atoms. The standard InChI is InChI=1S/C21H22NSe/c1-3-18(4-2)20(19-13-9-6-10-14-19)21(23)22-16-15-17-11-7-5-8-12-17/h5-14,20H,1,4,15-16H2,2H3. The van der Waals surface area contributed by atoms with Gasteiger partial charge in [-0.1, -0.05) is 0 Å². The number of aliphatic imine (C=N–C) groups is 1. The van der Waals surface area contributed by atoms with E-state index in [0.717, 1.165) is 24.0 Å². The Balaban J connectivity index is 2.18. The van der Waals surface area contributed by atoms with Gasteiger partial charge in [-0.25, -0.2) is 0 Å². The molecule has 2 aromatic rings. The SMILES string of the molecule is C=C=C(CC)C(C([Se])=NCCc1ccccc1)c1ccccc1. The van der Waals surface area contributed by atoms with Gasteiger partial charge in [-0.3, -0.25) is 0 Å². The normalized spacial score (nSPS) is 12.5. The summed E-state index contributed by atoms with van der Waals surface area (Å²) >= 11 is 3.17. The average molecular weight is 367 g/mol. The van der Waals surface area contributed by atoms with Gasteiger partial charge >= 0.3 is 148 Å². The molecular formula is C21H22NSe. The number of allylic oxidation sites excluding steroid dienone is 1. The van der Waals surface area contributed by atoms with E-state index in [1.807, 2.05) is 12.1 Å². The van der Waals surface area contributed by atoms with Crippen molar-refractivity contribution >= 4 is 20.6 Å². The quantitative estimate of drug-likeness (QED) is 0.382. The van der Waals surface area contributed by atoms with Crippen molar-refractivity contribution < 1.29 is 0 Å². The Kier molecular flexibility index (Phi) is 7.10. The predicted molar refractivity (Wildman–Crippen MR) is 100 cm³/mol. The maximum atomic E-state index is 4.79. The Morgan fingerprint density at radius 3 is 2.26 bits per heavy atom. The van der Waals surface area contributed by atoms with Gasteiger partial charge in [-0.05, 0) is 0 Å². The molecule has 0 aliphatic heterocycles. The molecule has 0 amide bonds. The molecule has 0 aliphatic carbocycles. The summed E-state index contributed by atoms with van der Waals surface area (Å²) in [7, 11) is 0. The zero-order valence-electron chi connectivity index (χ0n) is 13.5. The summed E-state index contributed by atoms with van der Waals surface area (Å²) in [5.74, 6) is 0.134. The van der Waals surface area contributed by atoms with Gasteiger partial charge in [0.15, 0.2) is 0 Å². The minimum absolute atomic E-state index is 0.134. The van der Waals surface area contributed by atoms with Crippen LogP contribution in [0.25, 0.3) is 0 Å². The molecule has 0 aromatic heterocycles. The van der Waals surface area contributed by atoms with Crippen molar-refractivity contribution in [1.82, 2.24) is 0 Å². The van der Waals surface area contributed by atoms with Crippen LogP contribution in [-0.4, -0.2) is 27.2 Å². The second kappa shape index (κ2) is 9.32. The number of nitrogens with zero attached hydrogens (tertiary/aromatic N) is 1. The van der Waals surface area contributed by atoms with Crippen LogP contribution >= 0.6 is 0 Å². The Bertz CT molecular complexity index is 682. The molecule has 2 heteroatoms. The summed E-state index contributed by atoms with van der Waals surface area (Å²) in [5, 5.41) is 0. The summed E-state index contributed by atoms with van der Waals surface area (Å²) in [5.41, 5.74) is 6.83. The van der Waals surface area contributed by atoms with Gasteiger partial charge in [0.1, 0.15) is 0 Å². The van der Waals surface area contributed by atoms with Gasteiger partial charge in [-0.15, -0.1) is 0 Å². The molecule has 0 bridgehead atoms. The third-order valence-electron chi connectivity index (χ3n) is 3.85. The van der Waals surface area contributed by atoms with E-state index in [1.165, 1.54) is 16.7 Å². The summed E-state index contributed by atoms with van der Waals surface area (Å²) in [4.78, 5) is 4.79. The van der Waals surface area contributed by atoms with Crippen molar-refractivity contribution in [1.29, 1.82) is 0 Å². The van der Waals surface area contributed by atoms with E-state index >= 15 is 0 Å². The van der Waals surface area contributed by atoms with Crippen molar-refractivity contribution in [3.05, 3.63) is 89.7 Å². The van der Waals surface area contributed by atoms with Crippen molar-refractivity contribution in [3.63, 3.8) is 0 Å². The molecule has 0 aliphatic rings. The summed E-state index contributed by atoms with van der Waals surface area (Å²) in [6.45, 7) is 6.78. The second-order valence-corrected chi connectivity index (χ2v) is 6.23. The molecule has 0 spiro atoms. The molecule has 0 heterocycles. The van der Waals surface area contributed by atoms with E-state index in [4.69, 9.17) is 4.99 Å². The Morgan fingerprint density at radius 2 is 1.70 bits per heavy atom. The van der Waals surface area contributed by atoms with Crippen molar-refractivity contribution in [2.24, 2.45) is 4.99 Å². The van der Waals surface area contributed by atoms with Crippen LogP contribution in [0.15, 0.2) is 83.5 Å². The number of benzene rings is 2. The number of rotatable bonds is 7. The number of hydrogen-bond donors (Lipinski definition) is 0. The fraction of sp³-hybridized carbons (Fsp3) is 0.238. The third-order valence-corrected chi connectivity index (χ3v) is 4.61. The molecule has 1 radical (unpaired) electrons. The van der Waals surface area contributed by atoms with Crippen molar-refractivity contribution in [3.8, 4) is 0 Å².